The van der Waals surface area contributed by atoms with Crippen molar-refractivity contribution in [1.29, 1.82) is 0 Å². The molecule has 1 rings (SSSR count). The highest BCUT2D eigenvalue weighted by molar-refractivity contribution is 7.54. The third-order valence-electron chi connectivity index (χ3n) is 2.51. The lowest BCUT2D eigenvalue weighted by Gasteiger charge is -2.24. The van der Waals surface area contributed by atoms with E-state index in [1.165, 1.54) is 19.2 Å². The first-order valence-electron chi connectivity index (χ1n) is 5.99. The lowest BCUT2D eigenvalue weighted by Crippen LogP contribution is -2.15. The second-order valence-corrected chi connectivity index (χ2v) is 5.90. The Hall–Kier alpha value is -1.07. The monoisotopic (exact) mass is 289 g/mol. The van der Waals surface area contributed by atoms with Crippen LogP contribution in [0.4, 0.5) is 0 Å². The molecule has 6 nitrogen and oxygen atoms in total. The number of hydrogen-bond acceptors (Lipinski definition) is 6. The summed E-state index contributed by atoms with van der Waals surface area (Å²) in [5.74, 6) is -0.641. The van der Waals surface area contributed by atoms with Gasteiger partial charge < -0.3 is 24.6 Å². The number of nitrogens with two attached hydrogens (primary N) is 1. The van der Waals surface area contributed by atoms with E-state index in [1.54, 1.807) is 19.9 Å². The van der Waals surface area contributed by atoms with Crippen LogP contribution in [-0.4, -0.2) is 25.4 Å². The molecule has 0 aliphatic rings. The Morgan fingerprint density at radius 2 is 1.89 bits per heavy atom. The van der Waals surface area contributed by atoms with Crippen molar-refractivity contribution in [1.82, 2.24) is 0 Å². The number of benzene rings is 1. The van der Waals surface area contributed by atoms with Crippen LogP contribution >= 0.6 is 7.60 Å². The smallest absolute Gasteiger partial charge is 0.351 e. The van der Waals surface area contributed by atoms with E-state index in [-0.39, 0.29) is 24.5 Å². The average Bonchev–Trinajstić information content (AvgIpc) is 2.39. The molecule has 0 aliphatic heterocycles. The predicted molar refractivity (Wildman–Crippen MR) is 72.4 cm³/mol. The molecule has 3 N–H and O–H groups in total. The average molecular weight is 289 g/mol. The van der Waals surface area contributed by atoms with Gasteiger partial charge in [0.25, 0.3) is 0 Å². The normalized spacial score (nSPS) is 13.3. The molecule has 0 heterocycles. The van der Waals surface area contributed by atoms with Crippen molar-refractivity contribution in [3.05, 3.63) is 23.8 Å². The summed E-state index contributed by atoms with van der Waals surface area (Å²) < 4.78 is 27.9. The summed E-state index contributed by atoms with van der Waals surface area (Å²) in [4.78, 5) is 0. The molecular formula is C12H20NO5P. The van der Waals surface area contributed by atoms with Gasteiger partial charge >= 0.3 is 7.60 Å². The van der Waals surface area contributed by atoms with Crippen LogP contribution in [0.25, 0.3) is 0 Å². The summed E-state index contributed by atoms with van der Waals surface area (Å²) in [5, 5.41) is 9.83. The summed E-state index contributed by atoms with van der Waals surface area (Å²) in [6.45, 7) is 3.80. The van der Waals surface area contributed by atoms with Crippen LogP contribution in [0.3, 0.4) is 0 Å². The highest BCUT2D eigenvalue weighted by Gasteiger charge is 2.35. The molecule has 1 aromatic rings. The van der Waals surface area contributed by atoms with Crippen LogP contribution in [0, 0.1) is 0 Å². The molecule has 0 amide bonds. The third kappa shape index (κ3) is 3.70. The molecule has 19 heavy (non-hydrogen) atoms. The lowest BCUT2D eigenvalue weighted by atomic mass is 10.2. The zero-order valence-corrected chi connectivity index (χ0v) is 12.2. The highest BCUT2D eigenvalue weighted by Crippen LogP contribution is 2.59. The number of rotatable bonds is 7. The number of aromatic hydroxyl groups is 1. The van der Waals surface area contributed by atoms with E-state index in [0.29, 0.717) is 5.75 Å². The maximum Gasteiger partial charge on any atom is 0.351 e. The molecule has 0 radical (unpaired) electrons. The van der Waals surface area contributed by atoms with Crippen LogP contribution in [-0.2, 0) is 13.6 Å². The van der Waals surface area contributed by atoms with Gasteiger partial charge in [-0.1, -0.05) is 0 Å². The minimum absolute atomic E-state index is 0.0760. The molecular weight excluding hydrogens is 269 g/mol. The van der Waals surface area contributed by atoms with Crippen LogP contribution in [0.2, 0.25) is 0 Å². The number of methoxy groups -OCH3 is 1. The van der Waals surface area contributed by atoms with Crippen molar-refractivity contribution in [3.8, 4) is 11.5 Å². The van der Waals surface area contributed by atoms with Crippen molar-refractivity contribution in [2.75, 3.05) is 20.3 Å². The van der Waals surface area contributed by atoms with E-state index in [1.807, 2.05) is 0 Å². The molecule has 0 aliphatic carbocycles. The summed E-state index contributed by atoms with van der Waals surface area (Å²) in [6.07, 6.45) is 0. The summed E-state index contributed by atoms with van der Waals surface area (Å²) in [6, 6.07) is 4.53. The topological polar surface area (TPSA) is 91.0 Å². The number of phenols is 1. The van der Waals surface area contributed by atoms with Crippen molar-refractivity contribution < 1.29 is 23.5 Å². The quantitative estimate of drug-likeness (QED) is 0.750. The van der Waals surface area contributed by atoms with Gasteiger partial charge in [0.2, 0.25) is 0 Å². The summed E-state index contributed by atoms with van der Waals surface area (Å²) >= 11 is 0. The first-order valence-corrected chi connectivity index (χ1v) is 7.61. The van der Waals surface area contributed by atoms with E-state index < -0.39 is 13.4 Å². The van der Waals surface area contributed by atoms with Crippen LogP contribution in [0.1, 0.15) is 25.2 Å². The van der Waals surface area contributed by atoms with Gasteiger partial charge in [0.15, 0.2) is 0 Å². The number of ether oxygens (including phenoxy) is 1. The molecule has 0 aromatic heterocycles. The fraction of sp³-hybridized carbons (Fsp3) is 0.500. The molecule has 0 spiro atoms. The van der Waals surface area contributed by atoms with Crippen LogP contribution in [0.15, 0.2) is 18.2 Å². The minimum atomic E-state index is -3.53. The first kappa shape index (κ1) is 16.0. The molecule has 1 aromatic carbocycles. The highest BCUT2D eigenvalue weighted by atomic mass is 31.2. The van der Waals surface area contributed by atoms with Gasteiger partial charge in [-0.25, -0.2) is 0 Å². The van der Waals surface area contributed by atoms with Crippen molar-refractivity contribution in [3.63, 3.8) is 0 Å². The van der Waals surface area contributed by atoms with Gasteiger partial charge in [0.05, 0.1) is 20.3 Å². The molecule has 1 atom stereocenters. The second kappa shape index (κ2) is 6.91. The third-order valence-corrected chi connectivity index (χ3v) is 4.71. The zero-order chi connectivity index (χ0) is 14.5. The number of phenolic OH excluding ortho intramolecular Hbond substituents is 1. The van der Waals surface area contributed by atoms with Gasteiger partial charge in [0.1, 0.15) is 17.3 Å². The lowest BCUT2D eigenvalue weighted by molar-refractivity contribution is 0.212. The summed E-state index contributed by atoms with van der Waals surface area (Å²) in [5.41, 5.74) is 6.21. The van der Waals surface area contributed by atoms with E-state index in [0.717, 1.165) is 0 Å². The Kier molecular flexibility index (Phi) is 5.82. The van der Waals surface area contributed by atoms with Gasteiger partial charge in [-0.2, -0.15) is 0 Å². The molecule has 0 saturated carbocycles. The fourth-order valence-corrected chi connectivity index (χ4v) is 3.29. The molecule has 0 saturated heterocycles. The van der Waals surface area contributed by atoms with Crippen LogP contribution < -0.4 is 10.5 Å². The number of hydrogen-bond donors (Lipinski definition) is 2. The van der Waals surface area contributed by atoms with Crippen molar-refractivity contribution >= 4 is 7.60 Å². The van der Waals surface area contributed by atoms with Gasteiger partial charge in [-0.15, -0.1) is 0 Å². The Morgan fingerprint density at radius 3 is 2.37 bits per heavy atom. The van der Waals surface area contributed by atoms with E-state index in [9.17, 15) is 9.67 Å². The molecule has 0 bridgehead atoms. The maximum atomic E-state index is 12.5. The zero-order valence-electron chi connectivity index (χ0n) is 11.3. The van der Waals surface area contributed by atoms with Crippen molar-refractivity contribution in [2.45, 2.75) is 19.6 Å². The van der Waals surface area contributed by atoms with Gasteiger partial charge in [-0.3, -0.25) is 4.57 Å². The van der Waals surface area contributed by atoms with E-state index in [2.05, 4.69) is 0 Å². The molecule has 0 unspecified atom stereocenters. The Morgan fingerprint density at radius 1 is 1.32 bits per heavy atom. The van der Waals surface area contributed by atoms with E-state index in [4.69, 9.17) is 19.5 Å². The Balaban J connectivity index is 3.15. The minimum Gasteiger partial charge on any atom is -0.508 e. The molecule has 0 fully saturated rings. The second-order valence-electron chi connectivity index (χ2n) is 3.74. The largest absolute Gasteiger partial charge is 0.508 e. The molecule has 7 heteroatoms. The van der Waals surface area contributed by atoms with Gasteiger partial charge in [-0.05, 0) is 32.0 Å². The van der Waals surface area contributed by atoms with Gasteiger partial charge in [0, 0.05) is 5.56 Å². The Bertz CT molecular complexity index is 455. The van der Waals surface area contributed by atoms with Crippen molar-refractivity contribution in [2.24, 2.45) is 5.73 Å². The predicted octanol–water partition coefficient (Wildman–Crippen LogP) is 2.62. The van der Waals surface area contributed by atoms with Crippen LogP contribution in [0.5, 0.6) is 11.5 Å². The van der Waals surface area contributed by atoms with E-state index >= 15 is 0 Å². The first-order chi connectivity index (χ1) is 8.98. The fourth-order valence-electron chi connectivity index (χ4n) is 1.62. The molecule has 108 valence electrons. The standard InChI is InChI=1S/C12H20NO5P/c1-4-17-19(15,18-5-2)12(13)10-8-9(16-3)6-7-11(10)14/h6-8,12,14H,4-5,13H2,1-3H3/t12-/m1/s1. The SMILES string of the molecule is CCOP(=O)(OCC)[C@@H](N)c1cc(OC)ccc1O. The summed E-state index contributed by atoms with van der Waals surface area (Å²) in [7, 11) is -2.03. The Labute approximate surface area is 113 Å². The maximum absolute atomic E-state index is 12.5.